The van der Waals surface area contributed by atoms with Crippen molar-refractivity contribution in [3.8, 4) is 0 Å². The van der Waals surface area contributed by atoms with Gasteiger partial charge in [0.25, 0.3) is 0 Å². The van der Waals surface area contributed by atoms with Gasteiger partial charge < -0.3 is 40.0 Å². The summed E-state index contributed by atoms with van der Waals surface area (Å²) in [6.07, 6.45) is 0. The predicted octanol–water partition coefficient (Wildman–Crippen LogP) is -4.78. The number of benzene rings is 1. The second-order valence-corrected chi connectivity index (χ2v) is 7.81. The molecule has 0 aliphatic heterocycles. The van der Waals surface area contributed by atoms with Crippen molar-refractivity contribution in [3.63, 3.8) is 0 Å². The molecule has 0 aliphatic carbocycles. The molecule has 0 heterocycles. The standard InChI is InChI=1S/C6H15NO3.C6H5.2C2H4O2.Hg/c8-4-1-7(2-5-9)3-6-10;1-2-4-6-5-3-1;2*1-2(3)4;/h8-10H,1-6H2;1-5H;2*1H3,(H,3,4);/q;;;;+1/p-1. The Labute approximate surface area is 164 Å². The molecule has 0 atom stereocenters. The van der Waals surface area contributed by atoms with Crippen molar-refractivity contribution in [3.05, 3.63) is 30.3 Å². The Bertz CT molecular complexity index is 384. The summed E-state index contributed by atoms with van der Waals surface area (Å²) >= 11 is 0.810. The second-order valence-electron chi connectivity index (χ2n) is 4.64. The van der Waals surface area contributed by atoms with E-state index in [-0.39, 0.29) is 19.8 Å². The number of aliphatic carboxylic acids is 2. The Morgan fingerprint density at radius 1 is 0.880 bits per heavy atom. The topological polar surface area (TPSA) is 145 Å². The van der Waals surface area contributed by atoms with Crippen LogP contribution in [0.3, 0.4) is 0 Å². The molecule has 1 rings (SSSR count). The molecule has 0 radical (unpaired) electrons. The summed E-state index contributed by atoms with van der Waals surface area (Å²) in [5.74, 6) is -2.17. The quantitative estimate of drug-likeness (QED) is 0.263. The van der Waals surface area contributed by atoms with Crippen molar-refractivity contribution < 1.29 is 66.1 Å². The van der Waals surface area contributed by atoms with Crippen LogP contribution in [-0.4, -0.2) is 66.7 Å². The van der Waals surface area contributed by atoms with Crippen LogP contribution < -0.4 is 18.2 Å². The minimum absolute atomic E-state index is 0.106. The molecule has 0 aromatic heterocycles. The molecular formula is C16H27HgNO7. The average Bonchev–Trinajstić information content (AvgIpc) is 2.48. The van der Waals surface area contributed by atoms with E-state index in [0.29, 0.717) is 19.6 Å². The molecular weight excluding hydrogens is 519 g/mol. The van der Waals surface area contributed by atoms with Crippen LogP contribution in [0.15, 0.2) is 30.3 Å². The molecule has 25 heavy (non-hydrogen) atoms. The van der Waals surface area contributed by atoms with Crippen molar-refractivity contribution in [1.82, 2.24) is 0 Å². The Morgan fingerprint density at radius 3 is 1.32 bits per heavy atom. The monoisotopic (exact) mass is 547 g/mol. The first-order valence-corrected chi connectivity index (χ1v) is 10.3. The molecule has 0 spiro atoms. The van der Waals surface area contributed by atoms with Crippen LogP contribution in [0.5, 0.6) is 0 Å². The third kappa shape index (κ3) is 39.6. The third-order valence-corrected chi connectivity index (χ3v) is 4.07. The molecule has 0 amide bonds. The van der Waals surface area contributed by atoms with Gasteiger partial charge in [-0.25, -0.2) is 0 Å². The van der Waals surface area contributed by atoms with Gasteiger partial charge >= 0.3 is 59.5 Å². The van der Waals surface area contributed by atoms with Crippen LogP contribution in [0.1, 0.15) is 13.8 Å². The summed E-state index contributed by atoms with van der Waals surface area (Å²) in [7, 11) is 0. The normalized spacial score (nSPS) is 8.80. The van der Waals surface area contributed by atoms with E-state index in [4.69, 9.17) is 35.1 Å². The molecule has 4 N–H and O–H groups in total. The van der Waals surface area contributed by atoms with Gasteiger partial charge in [0, 0.05) is 11.9 Å². The number of aliphatic hydroxyl groups is 3. The summed E-state index contributed by atoms with van der Waals surface area (Å²) in [4.78, 5) is 18.8. The second kappa shape index (κ2) is 22.9. The first-order valence-electron chi connectivity index (χ1n) is 7.59. The zero-order chi connectivity index (χ0) is 20.1. The number of carboxylic acids is 2. The fraction of sp³-hybridized carbons (Fsp3) is 0.500. The van der Waals surface area contributed by atoms with Crippen LogP contribution in [0.25, 0.3) is 0 Å². The number of nitrogens with one attached hydrogen (secondary N) is 1. The molecule has 140 valence electrons. The van der Waals surface area contributed by atoms with E-state index in [2.05, 4.69) is 30.3 Å². The maximum atomic E-state index is 8.89. The summed E-state index contributed by atoms with van der Waals surface area (Å²) < 4.78 is 1.52. The Kier molecular flexibility index (Phi) is 26.4. The average molecular weight is 546 g/mol. The van der Waals surface area contributed by atoms with Crippen LogP contribution >= 0.6 is 0 Å². The molecule has 1 aromatic rings. The van der Waals surface area contributed by atoms with E-state index in [1.165, 1.54) is 3.07 Å². The van der Waals surface area contributed by atoms with Gasteiger partial charge in [0.2, 0.25) is 0 Å². The van der Waals surface area contributed by atoms with E-state index in [0.717, 1.165) is 44.9 Å². The molecule has 0 aliphatic rings. The molecule has 9 heteroatoms. The molecule has 0 saturated heterocycles. The number of hydrogen-bond donors (Lipinski definition) is 4. The fourth-order valence-electron chi connectivity index (χ4n) is 1.33. The van der Waals surface area contributed by atoms with E-state index in [1.54, 1.807) is 0 Å². The van der Waals surface area contributed by atoms with Crippen molar-refractivity contribution >= 4 is 15.0 Å². The van der Waals surface area contributed by atoms with Gasteiger partial charge in [-0.2, -0.15) is 0 Å². The van der Waals surface area contributed by atoms with E-state index in [9.17, 15) is 0 Å². The first kappa shape index (κ1) is 28.7. The summed E-state index contributed by atoms with van der Waals surface area (Å²) in [6, 6.07) is 10.6. The van der Waals surface area contributed by atoms with Crippen molar-refractivity contribution in [2.45, 2.75) is 13.8 Å². The number of hydrogen-bond acceptors (Lipinski definition) is 7. The van der Waals surface area contributed by atoms with Gasteiger partial charge in [0.15, 0.2) is 0 Å². The van der Waals surface area contributed by atoms with Crippen LogP contribution in [-0.2, 0) is 35.7 Å². The summed E-state index contributed by atoms with van der Waals surface area (Å²) in [5.41, 5.74) is 0. The third-order valence-electron chi connectivity index (χ3n) is 2.24. The zero-order valence-electron chi connectivity index (χ0n) is 14.8. The molecule has 1 aromatic carbocycles. The molecule has 0 bridgehead atoms. The minimum atomic E-state index is -1.08. The van der Waals surface area contributed by atoms with Gasteiger partial charge in [-0.3, -0.25) is 0 Å². The first-order chi connectivity index (χ1) is 11.7. The zero-order valence-corrected chi connectivity index (χ0v) is 20.3. The Morgan fingerprint density at radius 2 is 1.16 bits per heavy atom. The number of carboxylic acid groups (broad SMARTS) is 2. The van der Waals surface area contributed by atoms with Gasteiger partial charge in [0.05, 0.1) is 19.8 Å². The van der Waals surface area contributed by atoms with Gasteiger partial charge in [-0.15, -0.1) is 0 Å². The number of aliphatic hydroxyl groups excluding tert-OH is 3. The fourth-order valence-corrected chi connectivity index (χ4v) is 2.39. The van der Waals surface area contributed by atoms with Gasteiger partial charge in [-0.05, 0) is 13.8 Å². The van der Waals surface area contributed by atoms with Crippen LogP contribution in [0.2, 0.25) is 0 Å². The van der Waals surface area contributed by atoms with Gasteiger partial charge in [0.1, 0.15) is 19.6 Å². The van der Waals surface area contributed by atoms with Crippen LogP contribution in [0.4, 0.5) is 0 Å². The number of rotatable bonds is 6. The Balaban J connectivity index is -0.000000280. The molecule has 0 unspecified atom stereocenters. The predicted molar refractivity (Wildman–Crippen MR) is 84.3 cm³/mol. The van der Waals surface area contributed by atoms with Crippen molar-refractivity contribution in [1.29, 1.82) is 0 Å². The Hall–Kier alpha value is -1.06. The van der Waals surface area contributed by atoms with Gasteiger partial charge in [-0.1, -0.05) is 0 Å². The number of carbonyl (C=O) groups is 2. The van der Waals surface area contributed by atoms with Crippen molar-refractivity contribution in [2.24, 2.45) is 0 Å². The SMILES string of the molecule is CC(=O)[O-].CC(=O)[O-].OCC[NH+](CCO)CCO.[Hg+][c]1ccccc1. The van der Waals surface area contributed by atoms with Crippen LogP contribution in [0, 0.1) is 0 Å². The maximum absolute atomic E-state index is 8.89. The molecule has 0 saturated carbocycles. The summed E-state index contributed by atoms with van der Waals surface area (Å²) in [5, 5.41) is 43.3. The van der Waals surface area contributed by atoms with E-state index < -0.39 is 11.9 Å². The van der Waals surface area contributed by atoms with E-state index >= 15 is 0 Å². The molecule has 8 nitrogen and oxygen atoms in total. The number of carbonyl (C=O) groups excluding carboxylic acids is 2. The molecule has 0 fully saturated rings. The summed E-state index contributed by atoms with van der Waals surface area (Å²) in [6.45, 7) is 4.06. The number of quaternary nitrogens is 1. The van der Waals surface area contributed by atoms with Crippen molar-refractivity contribution in [2.75, 3.05) is 39.5 Å². The van der Waals surface area contributed by atoms with E-state index in [1.807, 2.05) is 0 Å².